The summed E-state index contributed by atoms with van der Waals surface area (Å²) in [5.41, 5.74) is 0.348. The van der Waals surface area contributed by atoms with Crippen molar-refractivity contribution in [2.75, 3.05) is 5.75 Å². The zero-order valence-electron chi connectivity index (χ0n) is 9.47. The van der Waals surface area contributed by atoms with Gasteiger partial charge in [-0.25, -0.2) is 4.98 Å². The molecule has 0 bridgehead atoms. The average molecular weight is 233 g/mol. The summed E-state index contributed by atoms with van der Waals surface area (Å²) < 4.78 is 0. The number of rotatable bonds is 3. The van der Waals surface area contributed by atoms with Crippen molar-refractivity contribution in [3.05, 3.63) is 36.4 Å². The second-order valence-corrected chi connectivity index (χ2v) is 5.44. The Bertz CT molecular complexity index is 491. The highest BCUT2D eigenvalue weighted by molar-refractivity contribution is 7.99. The first-order valence-corrected chi connectivity index (χ1v) is 6.24. The molecule has 16 heavy (non-hydrogen) atoms. The average Bonchev–Trinajstić information content (AvgIpc) is 2.25. The van der Waals surface area contributed by atoms with Gasteiger partial charge in [0.1, 0.15) is 0 Å². The quantitative estimate of drug-likeness (QED) is 0.827. The van der Waals surface area contributed by atoms with Crippen molar-refractivity contribution in [3.8, 4) is 0 Å². The summed E-state index contributed by atoms with van der Waals surface area (Å²) in [7, 11) is 0. The number of nitrogens with zero attached hydrogens (tertiary/aromatic N) is 1. The molecule has 0 aliphatic carbocycles. The molecule has 0 atom stereocenters. The molecule has 0 saturated carbocycles. The van der Waals surface area contributed by atoms with E-state index < -0.39 is 5.60 Å². The number of hydrogen-bond acceptors (Lipinski definition) is 3. The Hall–Kier alpha value is -1.06. The van der Waals surface area contributed by atoms with Gasteiger partial charge in [-0.1, -0.05) is 24.3 Å². The SMILES string of the molecule is CC(C)(O)CSc1ccc2ccccc2n1. The molecule has 1 aromatic heterocycles. The van der Waals surface area contributed by atoms with Gasteiger partial charge in [0.15, 0.2) is 0 Å². The van der Waals surface area contributed by atoms with Gasteiger partial charge in [0, 0.05) is 11.1 Å². The molecule has 0 aliphatic rings. The summed E-state index contributed by atoms with van der Waals surface area (Å²) in [4.78, 5) is 4.53. The number of fused-ring (bicyclic) bond motifs is 1. The Balaban J connectivity index is 2.20. The number of hydrogen-bond donors (Lipinski definition) is 1. The molecule has 0 fully saturated rings. The normalized spacial score (nSPS) is 11.9. The van der Waals surface area contributed by atoms with Gasteiger partial charge in [0.25, 0.3) is 0 Å². The van der Waals surface area contributed by atoms with E-state index >= 15 is 0 Å². The largest absolute Gasteiger partial charge is 0.390 e. The lowest BCUT2D eigenvalue weighted by Crippen LogP contribution is -2.21. The van der Waals surface area contributed by atoms with Gasteiger partial charge in [-0.3, -0.25) is 0 Å². The van der Waals surface area contributed by atoms with Crippen LogP contribution in [-0.4, -0.2) is 21.4 Å². The van der Waals surface area contributed by atoms with Crippen LogP contribution in [0.2, 0.25) is 0 Å². The molecule has 0 saturated heterocycles. The fraction of sp³-hybridized carbons (Fsp3) is 0.308. The zero-order valence-corrected chi connectivity index (χ0v) is 10.3. The van der Waals surface area contributed by atoms with E-state index in [0.717, 1.165) is 15.9 Å². The lowest BCUT2D eigenvalue weighted by atomic mass is 10.2. The molecule has 0 spiro atoms. The smallest absolute Gasteiger partial charge is 0.0968 e. The van der Waals surface area contributed by atoms with Gasteiger partial charge in [0.2, 0.25) is 0 Å². The third-order valence-electron chi connectivity index (χ3n) is 2.15. The van der Waals surface area contributed by atoms with Crippen molar-refractivity contribution in [2.24, 2.45) is 0 Å². The van der Waals surface area contributed by atoms with Gasteiger partial charge < -0.3 is 5.11 Å². The van der Waals surface area contributed by atoms with Crippen LogP contribution in [0.4, 0.5) is 0 Å². The van der Waals surface area contributed by atoms with E-state index in [1.54, 1.807) is 25.6 Å². The van der Waals surface area contributed by atoms with Gasteiger partial charge in [-0.15, -0.1) is 11.8 Å². The Morgan fingerprint density at radius 2 is 1.94 bits per heavy atom. The molecule has 84 valence electrons. The molecule has 2 aromatic rings. The maximum atomic E-state index is 9.64. The highest BCUT2D eigenvalue weighted by Gasteiger charge is 2.13. The van der Waals surface area contributed by atoms with Crippen molar-refractivity contribution in [3.63, 3.8) is 0 Å². The fourth-order valence-electron chi connectivity index (χ4n) is 1.38. The van der Waals surface area contributed by atoms with Crippen LogP contribution in [0.3, 0.4) is 0 Å². The molecule has 1 heterocycles. The predicted octanol–water partition coefficient (Wildman–Crippen LogP) is 3.10. The second-order valence-electron chi connectivity index (χ2n) is 4.44. The first-order chi connectivity index (χ1) is 7.54. The summed E-state index contributed by atoms with van der Waals surface area (Å²) in [5.74, 6) is 0.651. The van der Waals surface area contributed by atoms with Crippen molar-refractivity contribution in [1.29, 1.82) is 0 Å². The number of benzene rings is 1. The van der Waals surface area contributed by atoms with Crippen molar-refractivity contribution < 1.29 is 5.11 Å². The zero-order chi connectivity index (χ0) is 11.6. The standard InChI is InChI=1S/C13H15NOS/c1-13(2,15)9-16-12-8-7-10-5-3-4-6-11(10)14-12/h3-8,15H,9H2,1-2H3. The highest BCUT2D eigenvalue weighted by Crippen LogP contribution is 2.23. The Kier molecular flexibility index (Phi) is 3.17. The molecule has 2 nitrogen and oxygen atoms in total. The van der Waals surface area contributed by atoms with Crippen molar-refractivity contribution in [2.45, 2.75) is 24.5 Å². The highest BCUT2D eigenvalue weighted by atomic mass is 32.2. The van der Waals surface area contributed by atoms with E-state index in [9.17, 15) is 5.11 Å². The molecular formula is C13H15NOS. The molecule has 1 N–H and O–H groups in total. The number of aromatic nitrogens is 1. The molecule has 0 aliphatic heterocycles. The van der Waals surface area contributed by atoms with E-state index in [2.05, 4.69) is 11.1 Å². The minimum absolute atomic E-state index is 0.651. The van der Waals surface area contributed by atoms with Crippen LogP contribution >= 0.6 is 11.8 Å². The monoisotopic (exact) mass is 233 g/mol. The van der Waals surface area contributed by atoms with Crippen LogP contribution < -0.4 is 0 Å². The molecule has 2 rings (SSSR count). The van der Waals surface area contributed by atoms with E-state index in [1.807, 2.05) is 30.3 Å². The third-order valence-corrected chi connectivity index (χ3v) is 3.52. The Labute approximate surface area is 99.7 Å². The number of para-hydroxylation sites is 1. The van der Waals surface area contributed by atoms with E-state index in [4.69, 9.17) is 0 Å². The van der Waals surface area contributed by atoms with Crippen molar-refractivity contribution >= 4 is 22.7 Å². The van der Waals surface area contributed by atoms with Crippen LogP contribution in [0, 0.1) is 0 Å². The summed E-state index contributed by atoms with van der Waals surface area (Å²) in [6.07, 6.45) is 0. The first-order valence-electron chi connectivity index (χ1n) is 5.26. The summed E-state index contributed by atoms with van der Waals surface area (Å²) in [6.45, 7) is 3.61. The summed E-state index contributed by atoms with van der Waals surface area (Å²) in [5, 5.41) is 11.8. The molecule has 1 aromatic carbocycles. The Morgan fingerprint density at radius 3 is 2.69 bits per heavy atom. The van der Waals surface area contributed by atoms with Crippen molar-refractivity contribution in [1.82, 2.24) is 4.98 Å². The van der Waals surface area contributed by atoms with Gasteiger partial charge in [-0.05, 0) is 26.0 Å². The van der Waals surface area contributed by atoms with Crippen LogP contribution in [0.15, 0.2) is 41.4 Å². The first kappa shape index (κ1) is 11.4. The minimum Gasteiger partial charge on any atom is -0.390 e. The Morgan fingerprint density at radius 1 is 1.19 bits per heavy atom. The van der Waals surface area contributed by atoms with E-state index in [0.29, 0.717) is 5.75 Å². The second kappa shape index (κ2) is 4.44. The lowest BCUT2D eigenvalue weighted by molar-refractivity contribution is 0.107. The topological polar surface area (TPSA) is 33.1 Å². The number of pyridine rings is 1. The summed E-state index contributed by atoms with van der Waals surface area (Å²) in [6, 6.07) is 12.1. The summed E-state index contributed by atoms with van der Waals surface area (Å²) >= 11 is 1.58. The lowest BCUT2D eigenvalue weighted by Gasteiger charge is -2.15. The van der Waals surface area contributed by atoms with Crippen LogP contribution in [0.1, 0.15) is 13.8 Å². The van der Waals surface area contributed by atoms with Gasteiger partial charge in [0.05, 0.1) is 16.1 Å². The minimum atomic E-state index is -0.655. The molecule has 3 heteroatoms. The van der Waals surface area contributed by atoms with Crippen LogP contribution in [-0.2, 0) is 0 Å². The molecule has 0 amide bonds. The van der Waals surface area contributed by atoms with Gasteiger partial charge in [-0.2, -0.15) is 0 Å². The maximum Gasteiger partial charge on any atom is 0.0968 e. The van der Waals surface area contributed by atoms with Gasteiger partial charge >= 0.3 is 0 Å². The van der Waals surface area contributed by atoms with E-state index in [1.165, 1.54) is 0 Å². The fourth-order valence-corrected chi connectivity index (χ4v) is 2.21. The predicted molar refractivity (Wildman–Crippen MR) is 68.8 cm³/mol. The molecular weight excluding hydrogens is 218 g/mol. The maximum absolute atomic E-state index is 9.64. The number of aliphatic hydroxyl groups is 1. The molecule has 0 unspecified atom stereocenters. The van der Waals surface area contributed by atoms with E-state index in [-0.39, 0.29) is 0 Å². The van der Waals surface area contributed by atoms with Crippen LogP contribution in [0.5, 0.6) is 0 Å². The van der Waals surface area contributed by atoms with Crippen LogP contribution in [0.25, 0.3) is 10.9 Å². The third kappa shape index (κ3) is 2.97. The molecule has 0 radical (unpaired) electrons. The number of thioether (sulfide) groups is 1.